The zero-order valence-electron chi connectivity index (χ0n) is 5.95. The molecule has 0 atom stereocenters. The zero-order chi connectivity index (χ0) is 7.07. The maximum absolute atomic E-state index is 3.38. The summed E-state index contributed by atoms with van der Waals surface area (Å²) in [7, 11) is 0. The van der Waals surface area contributed by atoms with Crippen LogP contribution in [0, 0.1) is 0 Å². The highest BCUT2D eigenvalue weighted by Gasteiger charge is 1.95. The number of hydrogen-bond acceptors (Lipinski definition) is 3. The van der Waals surface area contributed by atoms with Gasteiger partial charge in [-0.1, -0.05) is 37.3 Å². The Hall–Kier alpha value is -0.930. The van der Waals surface area contributed by atoms with Crippen molar-refractivity contribution in [1.82, 2.24) is 20.6 Å². The summed E-state index contributed by atoms with van der Waals surface area (Å²) >= 11 is 0. The number of hydrogen-bond donors (Lipinski definition) is 1. The first-order valence-electron chi connectivity index (χ1n) is 3.66. The second kappa shape index (κ2) is 4.90. The molecule has 56 valence electrons. The fraction of sp³-hybridized carbons (Fsp3) is 0.833. The molecule has 0 bridgehead atoms. The second-order valence-corrected chi connectivity index (χ2v) is 2.33. The summed E-state index contributed by atoms with van der Waals surface area (Å²) in [5.41, 5.74) is 0. The molecule has 0 aromatic carbocycles. The lowest BCUT2D eigenvalue weighted by Crippen LogP contribution is -1.64. The van der Waals surface area contributed by atoms with Crippen molar-refractivity contribution < 1.29 is 0 Å². The molecule has 1 heterocycles. The lowest BCUT2D eigenvalue weighted by molar-refractivity contribution is 0.881. The molecule has 2 rings (SSSR count). The number of nitrogens with one attached hydrogen (secondary N) is 1. The Balaban J connectivity index is 0.0000001000. The van der Waals surface area contributed by atoms with Crippen LogP contribution in [0.2, 0.25) is 0 Å². The lowest BCUT2D eigenvalue weighted by Gasteiger charge is -1.67. The van der Waals surface area contributed by atoms with Crippen LogP contribution < -0.4 is 0 Å². The molecule has 1 aromatic heterocycles. The van der Waals surface area contributed by atoms with E-state index in [2.05, 4.69) is 20.6 Å². The molecule has 10 heavy (non-hydrogen) atoms. The second-order valence-electron chi connectivity index (χ2n) is 2.33. The van der Waals surface area contributed by atoms with Gasteiger partial charge in [-0.05, 0) is 0 Å². The van der Waals surface area contributed by atoms with E-state index in [-0.39, 0.29) is 0 Å². The van der Waals surface area contributed by atoms with Crippen LogP contribution in [0.5, 0.6) is 0 Å². The molecule has 0 spiro atoms. The molecule has 1 N–H and O–H groups in total. The van der Waals surface area contributed by atoms with Gasteiger partial charge in [0.15, 0.2) is 6.33 Å². The third-order valence-corrected chi connectivity index (χ3v) is 1.52. The minimum absolute atomic E-state index is 1.33. The molecule has 1 aliphatic carbocycles. The van der Waals surface area contributed by atoms with Crippen molar-refractivity contribution in [3.63, 3.8) is 0 Å². The van der Waals surface area contributed by atoms with Crippen molar-refractivity contribution in [3.05, 3.63) is 6.33 Å². The molecule has 4 heteroatoms. The summed E-state index contributed by atoms with van der Waals surface area (Å²) in [5, 5.41) is 12.2. The first kappa shape index (κ1) is 7.18. The van der Waals surface area contributed by atoms with Crippen LogP contribution in [0.4, 0.5) is 0 Å². The molecule has 0 unspecified atom stereocenters. The molecule has 0 amide bonds. The van der Waals surface area contributed by atoms with Crippen molar-refractivity contribution in [2.24, 2.45) is 0 Å². The average Bonchev–Trinajstić information content (AvgIpc) is 2.67. The van der Waals surface area contributed by atoms with Gasteiger partial charge < -0.3 is 0 Å². The van der Waals surface area contributed by atoms with Gasteiger partial charge in [0.05, 0.1) is 0 Å². The lowest BCUT2D eigenvalue weighted by atomic mass is 10.4. The monoisotopic (exact) mass is 140 g/mol. The molecule has 0 radical (unpaired) electrons. The van der Waals surface area contributed by atoms with Crippen molar-refractivity contribution in [2.45, 2.75) is 32.1 Å². The maximum atomic E-state index is 3.38. The molecule has 1 aromatic rings. The summed E-state index contributed by atoms with van der Waals surface area (Å²) in [6.07, 6.45) is 8.83. The largest absolute Gasteiger partial charge is 0.177 e. The predicted molar refractivity (Wildman–Crippen MR) is 37.3 cm³/mol. The summed E-state index contributed by atoms with van der Waals surface area (Å²) in [4.78, 5) is 0. The van der Waals surface area contributed by atoms with Crippen LogP contribution >= 0.6 is 0 Å². The number of tetrazole rings is 1. The number of aromatic amines is 1. The van der Waals surface area contributed by atoms with E-state index in [1.165, 1.54) is 38.4 Å². The molecule has 4 nitrogen and oxygen atoms in total. The van der Waals surface area contributed by atoms with E-state index in [9.17, 15) is 0 Å². The molecule has 1 saturated carbocycles. The Morgan fingerprint density at radius 1 is 1.00 bits per heavy atom. The normalized spacial score (nSPS) is 16.0. The van der Waals surface area contributed by atoms with Crippen molar-refractivity contribution in [1.29, 1.82) is 0 Å². The zero-order valence-corrected chi connectivity index (χ0v) is 5.95. The van der Waals surface area contributed by atoms with Gasteiger partial charge >= 0.3 is 0 Å². The van der Waals surface area contributed by atoms with Crippen LogP contribution in [0.3, 0.4) is 0 Å². The van der Waals surface area contributed by atoms with E-state index in [1.807, 2.05) is 0 Å². The molecule has 0 saturated heterocycles. The summed E-state index contributed by atoms with van der Waals surface area (Å²) in [5.74, 6) is 0. The maximum Gasteiger partial charge on any atom is 0.161 e. The van der Waals surface area contributed by atoms with Crippen LogP contribution in [-0.4, -0.2) is 20.6 Å². The summed E-state index contributed by atoms with van der Waals surface area (Å²) in [6.45, 7) is 0. The third kappa shape index (κ3) is 3.17. The Morgan fingerprint density at radius 3 is 1.80 bits per heavy atom. The SMILES string of the molecule is C1CCCC1.c1nn[nH]n1. The van der Waals surface area contributed by atoms with Gasteiger partial charge in [-0.2, -0.15) is 5.21 Å². The molecular weight excluding hydrogens is 128 g/mol. The highest BCUT2D eigenvalue weighted by molar-refractivity contribution is 4.51. The smallest absolute Gasteiger partial charge is 0.161 e. The summed E-state index contributed by atoms with van der Waals surface area (Å²) in [6, 6.07) is 0. The Kier molecular flexibility index (Phi) is 3.52. The number of nitrogens with zero attached hydrogens (tertiary/aromatic N) is 3. The first-order chi connectivity index (χ1) is 5.00. The quantitative estimate of drug-likeness (QED) is 0.588. The standard InChI is InChI=1S/C5H10.CH2N4/c2*1-2-4-5-3-1/h1-5H2;1H,(H,2,3,4,5). The van der Waals surface area contributed by atoms with E-state index < -0.39 is 0 Å². The van der Waals surface area contributed by atoms with Crippen LogP contribution in [0.15, 0.2) is 6.33 Å². The van der Waals surface area contributed by atoms with Crippen molar-refractivity contribution >= 4 is 0 Å². The number of H-pyrrole nitrogens is 1. The average molecular weight is 140 g/mol. The van der Waals surface area contributed by atoms with Crippen LogP contribution in [0.25, 0.3) is 0 Å². The van der Waals surface area contributed by atoms with Gasteiger partial charge in [-0.3, -0.25) is 0 Å². The fourth-order valence-electron chi connectivity index (χ4n) is 1.01. The van der Waals surface area contributed by atoms with Crippen molar-refractivity contribution in [2.75, 3.05) is 0 Å². The first-order valence-corrected chi connectivity index (χ1v) is 3.66. The molecule has 0 aliphatic heterocycles. The van der Waals surface area contributed by atoms with Crippen molar-refractivity contribution in [3.8, 4) is 0 Å². The van der Waals surface area contributed by atoms with Crippen LogP contribution in [0.1, 0.15) is 32.1 Å². The molecule has 1 fully saturated rings. The number of aromatic nitrogens is 4. The van der Waals surface area contributed by atoms with Gasteiger partial charge in [0.25, 0.3) is 0 Å². The van der Waals surface area contributed by atoms with E-state index in [4.69, 9.17) is 0 Å². The topological polar surface area (TPSA) is 54.5 Å². The van der Waals surface area contributed by atoms with Gasteiger partial charge in [0.2, 0.25) is 0 Å². The van der Waals surface area contributed by atoms with Gasteiger partial charge in [-0.25, -0.2) is 0 Å². The van der Waals surface area contributed by atoms with E-state index in [0.717, 1.165) is 0 Å². The van der Waals surface area contributed by atoms with Gasteiger partial charge in [0.1, 0.15) is 0 Å². The number of rotatable bonds is 0. The minimum Gasteiger partial charge on any atom is -0.177 e. The Bertz CT molecular complexity index is 109. The highest BCUT2D eigenvalue weighted by atomic mass is 15.5. The molecule has 1 aliphatic rings. The van der Waals surface area contributed by atoms with E-state index in [1.54, 1.807) is 0 Å². The van der Waals surface area contributed by atoms with E-state index in [0.29, 0.717) is 0 Å². The molecular formula is C6H12N4. The summed E-state index contributed by atoms with van der Waals surface area (Å²) < 4.78 is 0. The predicted octanol–water partition coefficient (Wildman–Crippen LogP) is 1.15. The highest BCUT2D eigenvalue weighted by Crippen LogP contribution is 2.15. The minimum atomic E-state index is 1.33. The Labute approximate surface area is 60.0 Å². The Morgan fingerprint density at radius 2 is 1.60 bits per heavy atom. The van der Waals surface area contributed by atoms with Crippen LogP contribution in [-0.2, 0) is 0 Å². The fourth-order valence-corrected chi connectivity index (χ4v) is 1.01. The van der Waals surface area contributed by atoms with Gasteiger partial charge in [-0.15, -0.1) is 10.2 Å². The van der Waals surface area contributed by atoms with E-state index >= 15 is 0 Å². The third-order valence-electron chi connectivity index (χ3n) is 1.52. The van der Waals surface area contributed by atoms with Gasteiger partial charge in [0, 0.05) is 0 Å².